The third-order valence-electron chi connectivity index (χ3n) is 3.63. The Balaban J connectivity index is 1.64. The van der Waals surface area contributed by atoms with Crippen LogP contribution in [0.1, 0.15) is 25.7 Å². The van der Waals surface area contributed by atoms with Crippen molar-refractivity contribution in [1.29, 1.82) is 0 Å². The number of nitrogens with one attached hydrogen (secondary N) is 1. The molecule has 1 heterocycles. The van der Waals surface area contributed by atoms with Gasteiger partial charge >= 0.3 is 0 Å². The number of hydrogen-bond acceptors (Lipinski definition) is 3. The lowest BCUT2D eigenvalue weighted by atomic mass is 10.0. The quantitative estimate of drug-likeness (QED) is 0.684. The lowest BCUT2D eigenvalue weighted by molar-refractivity contribution is 0.139. The van der Waals surface area contributed by atoms with Crippen LogP contribution >= 0.6 is 0 Å². The first kappa shape index (κ1) is 11.4. The van der Waals surface area contributed by atoms with Gasteiger partial charge in [0.1, 0.15) is 0 Å². The van der Waals surface area contributed by atoms with Crippen molar-refractivity contribution in [3.63, 3.8) is 0 Å². The summed E-state index contributed by atoms with van der Waals surface area (Å²) >= 11 is 0. The van der Waals surface area contributed by atoms with Gasteiger partial charge in [0.15, 0.2) is 0 Å². The molecule has 0 aromatic rings. The van der Waals surface area contributed by atoms with Crippen LogP contribution in [-0.2, 0) is 4.74 Å². The van der Waals surface area contributed by atoms with E-state index in [1.807, 2.05) is 0 Å². The molecule has 0 aromatic carbocycles. The fourth-order valence-electron chi connectivity index (χ4n) is 2.43. The predicted molar refractivity (Wildman–Crippen MR) is 62.1 cm³/mol. The van der Waals surface area contributed by atoms with Crippen LogP contribution in [0.3, 0.4) is 0 Å². The summed E-state index contributed by atoms with van der Waals surface area (Å²) in [5, 5.41) is 3.44. The highest BCUT2D eigenvalue weighted by molar-refractivity contribution is 4.85. The fourth-order valence-corrected chi connectivity index (χ4v) is 2.43. The van der Waals surface area contributed by atoms with E-state index < -0.39 is 0 Å². The average molecular weight is 212 g/mol. The highest BCUT2D eigenvalue weighted by Gasteiger charge is 2.29. The second-order valence-electron chi connectivity index (χ2n) is 4.91. The van der Waals surface area contributed by atoms with E-state index in [0.29, 0.717) is 0 Å². The molecule has 0 amide bonds. The van der Waals surface area contributed by atoms with E-state index in [-0.39, 0.29) is 0 Å². The van der Waals surface area contributed by atoms with Gasteiger partial charge in [-0.2, -0.15) is 0 Å². The number of rotatable bonds is 7. The average Bonchev–Trinajstić information content (AvgIpc) is 2.95. The first-order valence-electron chi connectivity index (χ1n) is 6.34. The van der Waals surface area contributed by atoms with Crippen molar-refractivity contribution in [3.05, 3.63) is 0 Å². The zero-order valence-corrected chi connectivity index (χ0v) is 9.87. The number of hydrogen-bond donors (Lipinski definition) is 1. The zero-order chi connectivity index (χ0) is 10.5. The Morgan fingerprint density at radius 2 is 2.13 bits per heavy atom. The second kappa shape index (κ2) is 5.83. The maximum Gasteiger partial charge on any atom is 0.0589 e. The van der Waals surface area contributed by atoms with Gasteiger partial charge in [-0.25, -0.2) is 0 Å². The minimum atomic E-state index is 0.884. The van der Waals surface area contributed by atoms with Crippen LogP contribution < -0.4 is 5.32 Å². The van der Waals surface area contributed by atoms with Gasteiger partial charge in [0, 0.05) is 19.7 Å². The number of ether oxygens (including phenoxy) is 1. The van der Waals surface area contributed by atoms with Crippen LogP contribution in [-0.4, -0.2) is 50.8 Å². The van der Waals surface area contributed by atoms with E-state index in [9.17, 15) is 0 Å². The van der Waals surface area contributed by atoms with Crippen LogP contribution in [0.5, 0.6) is 0 Å². The van der Waals surface area contributed by atoms with Crippen molar-refractivity contribution < 1.29 is 4.74 Å². The van der Waals surface area contributed by atoms with Gasteiger partial charge in [-0.05, 0) is 51.2 Å². The highest BCUT2D eigenvalue weighted by atomic mass is 16.5. The molecule has 3 nitrogen and oxygen atoms in total. The van der Waals surface area contributed by atoms with Crippen molar-refractivity contribution in [2.24, 2.45) is 5.92 Å². The zero-order valence-electron chi connectivity index (χ0n) is 9.87. The van der Waals surface area contributed by atoms with Gasteiger partial charge in [0.25, 0.3) is 0 Å². The van der Waals surface area contributed by atoms with Gasteiger partial charge in [-0.3, -0.25) is 4.90 Å². The topological polar surface area (TPSA) is 24.5 Å². The second-order valence-corrected chi connectivity index (χ2v) is 4.91. The number of nitrogens with zero attached hydrogens (tertiary/aromatic N) is 1. The summed E-state index contributed by atoms with van der Waals surface area (Å²) in [7, 11) is 1.80. The van der Waals surface area contributed by atoms with Crippen molar-refractivity contribution in [3.8, 4) is 0 Å². The SMILES string of the molecule is COCCN(CCC1CCNC1)C1CC1. The van der Waals surface area contributed by atoms with E-state index >= 15 is 0 Å². The Labute approximate surface area is 93.2 Å². The lowest BCUT2D eigenvalue weighted by Gasteiger charge is -2.22. The predicted octanol–water partition coefficient (Wildman–Crippen LogP) is 1.10. The Bertz CT molecular complexity index is 176. The maximum absolute atomic E-state index is 5.17. The van der Waals surface area contributed by atoms with Gasteiger partial charge in [-0.1, -0.05) is 0 Å². The molecule has 2 rings (SSSR count). The van der Waals surface area contributed by atoms with E-state index in [4.69, 9.17) is 4.74 Å². The van der Waals surface area contributed by atoms with Crippen molar-refractivity contribution in [2.75, 3.05) is 39.9 Å². The summed E-state index contributed by atoms with van der Waals surface area (Å²) in [5.74, 6) is 0.925. The van der Waals surface area contributed by atoms with Gasteiger partial charge in [0.2, 0.25) is 0 Å². The third-order valence-corrected chi connectivity index (χ3v) is 3.63. The number of methoxy groups -OCH3 is 1. The molecule has 2 fully saturated rings. The summed E-state index contributed by atoms with van der Waals surface area (Å²) < 4.78 is 5.17. The molecule has 0 radical (unpaired) electrons. The summed E-state index contributed by atoms with van der Waals surface area (Å²) in [6, 6.07) is 0.884. The van der Waals surface area contributed by atoms with Gasteiger partial charge in [0.05, 0.1) is 6.61 Å². The van der Waals surface area contributed by atoms with Crippen LogP contribution in [0.25, 0.3) is 0 Å². The third kappa shape index (κ3) is 3.74. The molecular weight excluding hydrogens is 188 g/mol. The van der Waals surface area contributed by atoms with Crippen LogP contribution in [0.15, 0.2) is 0 Å². The molecule has 1 atom stereocenters. The highest BCUT2D eigenvalue weighted by Crippen LogP contribution is 2.27. The van der Waals surface area contributed by atoms with Crippen molar-refractivity contribution >= 4 is 0 Å². The molecule has 1 aliphatic heterocycles. The van der Waals surface area contributed by atoms with Crippen LogP contribution in [0, 0.1) is 5.92 Å². The summed E-state index contributed by atoms with van der Waals surface area (Å²) in [6.45, 7) is 5.76. The summed E-state index contributed by atoms with van der Waals surface area (Å²) in [6.07, 6.45) is 5.56. The van der Waals surface area contributed by atoms with Crippen LogP contribution in [0.2, 0.25) is 0 Å². The van der Waals surface area contributed by atoms with Gasteiger partial charge < -0.3 is 10.1 Å². The standard InChI is InChI=1S/C12H24N2O/c1-15-9-8-14(12-2-3-12)7-5-11-4-6-13-10-11/h11-13H,2-10H2,1H3. The van der Waals surface area contributed by atoms with E-state index in [1.54, 1.807) is 7.11 Å². The largest absolute Gasteiger partial charge is 0.383 e. The molecule has 3 heteroatoms. The normalized spacial score (nSPS) is 26.4. The first-order valence-corrected chi connectivity index (χ1v) is 6.34. The van der Waals surface area contributed by atoms with E-state index in [0.717, 1.165) is 25.1 Å². The molecule has 1 unspecified atom stereocenters. The minimum absolute atomic E-state index is 0.884. The van der Waals surface area contributed by atoms with Crippen molar-refractivity contribution in [1.82, 2.24) is 10.2 Å². The smallest absolute Gasteiger partial charge is 0.0589 e. The molecular formula is C12H24N2O. The Morgan fingerprint density at radius 1 is 1.27 bits per heavy atom. The fraction of sp³-hybridized carbons (Fsp3) is 1.00. The maximum atomic E-state index is 5.17. The van der Waals surface area contributed by atoms with Gasteiger partial charge in [-0.15, -0.1) is 0 Å². The van der Waals surface area contributed by atoms with Crippen molar-refractivity contribution in [2.45, 2.75) is 31.7 Å². The van der Waals surface area contributed by atoms with Crippen LogP contribution in [0.4, 0.5) is 0 Å². The minimum Gasteiger partial charge on any atom is -0.383 e. The molecule has 15 heavy (non-hydrogen) atoms. The molecule has 1 aliphatic carbocycles. The molecule has 1 saturated carbocycles. The Morgan fingerprint density at radius 3 is 2.73 bits per heavy atom. The monoisotopic (exact) mass is 212 g/mol. The van der Waals surface area contributed by atoms with E-state index in [2.05, 4.69) is 10.2 Å². The molecule has 0 spiro atoms. The molecule has 0 aromatic heterocycles. The Kier molecular flexibility index (Phi) is 4.42. The van der Waals surface area contributed by atoms with E-state index in [1.165, 1.54) is 45.3 Å². The molecule has 88 valence electrons. The molecule has 1 saturated heterocycles. The lowest BCUT2D eigenvalue weighted by Crippen LogP contribution is -2.31. The molecule has 2 aliphatic rings. The molecule has 0 bridgehead atoms. The Hall–Kier alpha value is -0.120. The summed E-state index contributed by atoms with van der Waals surface area (Å²) in [4.78, 5) is 2.63. The molecule has 1 N–H and O–H groups in total. The first-order chi connectivity index (χ1) is 7.40. The summed E-state index contributed by atoms with van der Waals surface area (Å²) in [5.41, 5.74) is 0.